The Hall–Kier alpha value is -2.77. The summed E-state index contributed by atoms with van der Waals surface area (Å²) < 4.78 is 14.6. The Bertz CT molecular complexity index is 781. The van der Waals surface area contributed by atoms with Gasteiger partial charge in [0.15, 0.2) is 5.69 Å². The number of carbonyl (C=O) groups is 2. The topological polar surface area (TPSA) is 94.1 Å². The lowest BCUT2D eigenvalue weighted by atomic mass is 10.1. The molecule has 1 saturated carbocycles. The van der Waals surface area contributed by atoms with E-state index in [-0.39, 0.29) is 30.0 Å². The van der Waals surface area contributed by atoms with Crippen molar-refractivity contribution in [3.63, 3.8) is 0 Å². The minimum atomic E-state index is -0.552. The number of benzene rings is 1. The normalized spacial score (nSPS) is 14.6. The first-order valence-electron chi connectivity index (χ1n) is 8.25. The van der Waals surface area contributed by atoms with Gasteiger partial charge in [-0.1, -0.05) is 18.1 Å². The van der Waals surface area contributed by atoms with Crippen molar-refractivity contribution >= 4 is 11.8 Å². The quantitative estimate of drug-likeness (QED) is 0.890. The van der Waals surface area contributed by atoms with Gasteiger partial charge in [0.05, 0.1) is 17.9 Å². The molecule has 0 saturated heterocycles. The van der Waals surface area contributed by atoms with Gasteiger partial charge in [0, 0.05) is 6.04 Å². The standard InChI is InChI=1S/C17H20FN5O2/c1-11-16(20-21-23(11)14-8-6-12(18)7-9-14)17(25)22(10-15(19)24)13-4-2-3-5-13/h6-9,13H,2-5,10H2,1H3,(H2,19,24). The van der Waals surface area contributed by atoms with Crippen molar-refractivity contribution in [1.29, 1.82) is 0 Å². The van der Waals surface area contributed by atoms with E-state index < -0.39 is 5.91 Å². The van der Waals surface area contributed by atoms with E-state index in [9.17, 15) is 14.0 Å². The van der Waals surface area contributed by atoms with Crippen molar-refractivity contribution in [3.05, 3.63) is 41.5 Å². The Morgan fingerprint density at radius 3 is 2.52 bits per heavy atom. The molecule has 0 aliphatic heterocycles. The van der Waals surface area contributed by atoms with Crippen LogP contribution in [0.5, 0.6) is 0 Å². The molecule has 1 aromatic carbocycles. The smallest absolute Gasteiger partial charge is 0.277 e. The highest BCUT2D eigenvalue weighted by Gasteiger charge is 2.31. The first-order chi connectivity index (χ1) is 12.0. The Labute approximate surface area is 144 Å². The summed E-state index contributed by atoms with van der Waals surface area (Å²) in [6.07, 6.45) is 3.75. The Morgan fingerprint density at radius 1 is 1.28 bits per heavy atom. The Kier molecular flexibility index (Phi) is 4.78. The van der Waals surface area contributed by atoms with E-state index in [2.05, 4.69) is 10.3 Å². The fourth-order valence-corrected chi connectivity index (χ4v) is 3.24. The number of hydrogen-bond acceptors (Lipinski definition) is 4. The molecule has 1 fully saturated rings. The molecule has 2 aromatic rings. The van der Waals surface area contributed by atoms with Crippen LogP contribution in [0.2, 0.25) is 0 Å². The second-order valence-electron chi connectivity index (χ2n) is 6.25. The minimum Gasteiger partial charge on any atom is -0.368 e. The summed E-state index contributed by atoms with van der Waals surface area (Å²) in [7, 11) is 0. The van der Waals surface area contributed by atoms with Crippen LogP contribution in [0.15, 0.2) is 24.3 Å². The molecule has 25 heavy (non-hydrogen) atoms. The molecule has 2 amide bonds. The van der Waals surface area contributed by atoms with E-state index in [1.807, 2.05) is 0 Å². The zero-order valence-corrected chi connectivity index (χ0v) is 14.0. The maximum Gasteiger partial charge on any atom is 0.277 e. The highest BCUT2D eigenvalue weighted by molar-refractivity contribution is 5.95. The van der Waals surface area contributed by atoms with Gasteiger partial charge < -0.3 is 10.6 Å². The third-order valence-corrected chi connectivity index (χ3v) is 4.52. The SMILES string of the molecule is Cc1c(C(=O)N(CC(N)=O)C2CCCC2)nnn1-c1ccc(F)cc1. The Morgan fingerprint density at radius 2 is 1.92 bits per heavy atom. The van der Waals surface area contributed by atoms with Crippen molar-refractivity contribution in [3.8, 4) is 5.69 Å². The lowest BCUT2D eigenvalue weighted by molar-refractivity contribution is -0.119. The highest BCUT2D eigenvalue weighted by Crippen LogP contribution is 2.25. The number of nitrogens with zero attached hydrogens (tertiary/aromatic N) is 4. The molecular formula is C17H20FN5O2. The molecule has 132 valence electrons. The van der Waals surface area contributed by atoms with Gasteiger partial charge in [0.1, 0.15) is 5.82 Å². The van der Waals surface area contributed by atoms with E-state index in [0.717, 1.165) is 25.7 Å². The summed E-state index contributed by atoms with van der Waals surface area (Å²) in [5, 5.41) is 8.00. The summed E-state index contributed by atoms with van der Waals surface area (Å²) in [6.45, 7) is 1.58. The maximum atomic E-state index is 13.1. The lowest BCUT2D eigenvalue weighted by Gasteiger charge is -2.27. The molecule has 0 spiro atoms. The lowest BCUT2D eigenvalue weighted by Crippen LogP contribution is -2.44. The Balaban J connectivity index is 1.90. The van der Waals surface area contributed by atoms with Crippen molar-refractivity contribution in [1.82, 2.24) is 19.9 Å². The van der Waals surface area contributed by atoms with Gasteiger partial charge in [-0.3, -0.25) is 9.59 Å². The fourth-order valence-electron chi connectivity index (χ4n) is 3.24. The molecule has 0 atom stereocenters. The first kappa shape index (κ1) is 17.1. The zero-order valence-electron chi connectivity index (χ0n) is 14.0. The highest BCUT2D eigenvalue weighted by atomic mass is 19.1. The van der Waals surface area contributed by atoms with E-state index in [1.165, 1.54) is 21.7 Å². The third kappa shape index (κ3) is 3.52. The zero-order chi connectivity index (χ0) is 18.0. The van der Waals surface area contributed by atoms with Gasteiger partial charge >= 0.3 is 0 Å². The second kappa shape index (κ2) is 7.00. The number of nitrogens with two attached hydrogens (primary N) is 1. The maximum absolute atomic E-state index is 13.1. The number of primary amides is 1. The molecule has 1 aliphatic carbocycles. The average Bonchev–Trinajstić information content (AvgIpc) is 3.23. The summed E-state index contributed by atoms with van der Waals surface area (Å²) in [6, 6.07) is 5.74. The number of rotatable bonds is 5. The van der Waals surface area contributed by atoms with Crippen molar-refractivity contribution < 1.29 is 14.0 Å². The van der Waals surface area contributed by atoms with Crippen molar-refractivity contribution in [2.75, 3.05) is 6.54 Å². The van der Waals surface area contributed by atoms with E-state index in [4.69, 9.17) is 5.73 Å². The molecule has 3 rings (SSSR count). The van der Waals surface area contributed by atoms with Crippen LogP contribution in [0.1, 0.15) is 41.9 Å². The monoisotopic (exact) mass is 345 g/mol. The van der Waals surface area contributed by atoms with Crippen LogP contribution < -0.4 is 5.73 Å². The van der Waals surface area contributed by atoms with Crippen LogP contribution in [-0.4, -0.2) is 44.3 Å². The molecule has 0 bridgehead atoms. The minimum absolute atomic E-state index is 0.00429. The predicted molar refractivity (Wildman–Crippen MR) is 88.5 cm³/mol. The molecule has 1 aliphatic rings. The van der Waals surface area contributed by atoms with Crippen LogP contribution >= 0.6 is 0 Å². The van der Waals surface area contributed by atoms with Gasteiger partial charge in [-0.25, -0.2) is 9.07 Å². The van der Waals surface area contributed by atoms with Gasteiger partial charge in [0.25, 0.3) is 5.91 Å². The van der Waals surface area contributed by atoms with Crippen molar-refractivity contribution in [2.45, 2.75) is 38.6 Å². The van der Waals surface area contributed by atoms with Crippen LogP contribution in [0, 0.1) is 12.7 Å². The van der Waals surface area contributed by atoms with Crippen LogP contribution in [0.25, 0.3) is 5.69 Å². The fraction of sp³-hybridized carbons (Fsp3) is 0.412. The van der Waals surface area contributed by atoms with Gasteiger partial charge in [-0.15, -0.1) is 5.10 Å². The summed E-state index contributed by atoms with van der Waals surface area (Å²) in [5.74, 6) is -1.26. The van der Waals surface area contributed by atoms with Crippen molar-refractivity contribution in [2.24, 2.45) is 5.73 Å². The third-order valence-electron chi connectivity index (χ3n) is 4.52. The average molecular weight is 345 g/mol. The number of aromatic nitrogens is 3. The van der Waals surface area contributed by atoms with Gasteiger partial charge in [-0.05, 0) is 44.0 Å². The summed E-state index contributed by atoms with van der Waals surface area (Å²) >= 11 is 0. The van der Waals surface area contributed by atoms with Crippen LogP contribution in [0.3, 0.4) is 0 Å². The molecular weight excluding hydrogens is 325 g/mol. The number of halogens is 1. The molecule has 8 heteroatoms. The van der Waals surface area contributed by atoms with E-state index >= 15 is 0 Å². The molecule has 1 heterocycles. The first-order valence-corrected chi connectivity index (χ1v) is 8.25. The van der Waals surface area contributed by atoms with Crippen LogP contribution in [-0.2, 0) is 4.79 Å². The predicted octanol–water partition coefficient (Wildman–Crippen LogP) is 1.58. The van der Waals surface area contributed by atoms with Gasteiger partial charge in [-0.2, -0.15) is 0 Å². The molecule has 1 aromatic heterocycles. The largest absolute Gasteiger partial charge is 0.368 e. The molecule has 0 radical (unpaired) electrons. The number of hydrogen-bond donors (Lipinski definition) is 1. The molecule has 7 nitrogen and oxygen atoms in total. The summed E-state index contributed by atoms with van der Waals surface area (Å²) in [4.78, 5) is 25.8. The van der Waals surface area contributed by atoms with Crippen LogP contribution in [0.4, 0.5) is 4.39 Å². The van der Waals surface area contributed by atoms with E-state index in [0.29, 0.717) is 11.4 Å². The number of carbonyl (C=O) groups excluding carboxylic acids is 2. The molecule has 0 unspecified atom stereocenters. The molecule has 2 N–H and O–H groups in total. The summed E-state index contributed by atoms with van der Waals surface area (Å²) in [5.41, 5.74) is 6.63. The second-order valence-corrected chi connectivity index (χ2v) is 6.25. The number of amides is 2. The van der Waals surface area contributed by atoms with Gasteiger partial charge in [0.2, 0.25) is 5.91 Å². The van der Waals surface area contributed by atoms with E-state index in [1.54, 1.807) is 19.1 Å².